The Morgan fingerprint density at radius 2 is 2.00 bits per heavy atom. The van der Waals surface area contributed by atoms with E-state index in [0.29, 0.717) is 6.61 Å². The lowest BCUT2D eigenvalue weighted by molar-refractivity contribution is -0.672. The molecule has 0 bridgehead atoms. The molecular formula is C19H32NO4+. The Balaban J connectivity index is 1.82. The highest BCUT2D eigenvalue weighted by Crippen LogP contribution is 2.36. The highest BCUT2D eigenvalue weighted by Gasteiger charge is 2.41. The van der Waals surface area contributed by atoms with E-state index in [1.807, 2.05) is 12.1 Å². The Bertz CT molecular complexity index is 536. The van der Waals surface area contributed by atoms with E-state index in [4.69, 9.17) is 14.2 Å². The fourth-order valence-corrected chi connectivity index (χ4v) is 3.41. The summed E-state index contributed by atoms with van der Waals surface area (Å²) in [7, 11) is 3.29. The molecule has 0 saturated carbocycles. The third-order valence-electron chi connectivity index (χ3n) is 5.11. The summed E-state index contributed by atoms with van der Waals surface area (Å²) in [4.78, 5) is 0. The van der Waals surface area contributed by atoms with Crippen LogP contribution in [0.2, 0.25) is 0 Å². The third-order valence-corrected chi connectivity index (χ3v) is 5.11. The summed E-state index contributed by atoms with van der Waals surface area (Å²) in [5.41, 5.74) is 0.401. The van der Waals surface area contributed by atoms with Gasteiger partial charge < -0.3 is 24.6 Å². The summed E-state index contributed by atoms with van der Waals surface area (Å²) in [6.07, 6.45) is 3.18. The monoisotopic (exact) mass is 338 g/mol. The van der Waals surface area contributed by atoms with Gasteiger partial charge in [-0.05, 0) is 38.0 Å². The van der Waals surface area contributed by atoms with Gasteiger partial charge in [-0.3, -0.25) is 0 Å². The molecule has 5 heteroatoms. The van der Waals surface area contributed by atoms with E-state index in [1.54, 1.807) is 14.2 Å². The van der Waals surface area contributed by atoms with Crippen LogP contribution in [0.4, 0.5) is 0 Å². The summed E-state index contributed by atoms with van der Waals surface area (Å²) >= 11 is 0. The molecule has 5 nitrogen and oxygen atoms in total. The van der Waals surface area contributed by atoms with E-state index < -0.39 is 5.60 Å². The predicted molar refractivity (Wildman–Crippen MR) is 93.5 cm³/mol. The lowest BCUT2D eigenvalue weighted by atomic mass is 9.80. The average Bonchev–Trinajstić information content (AvgIpc) is 2.58. The van der Waals surface area contributed by atoms with Crippen molar-refractivity contribution in [2.45, 2.75) is 57.3 Å². The Kier molecular flexibility index (Phi) is 6.49. The first-order valence-corrected chi connectivity index (χ1v) is 8.82. The van der Waals surface area contributed by atoms with Gasteiger partial charge in [0, 0.05) is 18.4 Å². The Morgan fingerprint density at radius 1 is 1.25 bits per heavy atom. The maximum Gasteiger partial charge on any atom is 0.161 e. The summed E-state index contributed by atoms with van der Waals surface area (Å²) in [5.74, 6) is 1.50. The molecule has 1 saturated heterocycles. The minimum absolute atomic E-state index is 0.184. The van der Waals surface area contributed by atoms with Crippen LogP contribution in [0.5, 0.6) is 11.5 Å². The van der Waals surface area contributed by atoms with Crippen molar-refractivity contribution in [3.05, 3.63) is 23.8 Å². The van der Waals surface area contributed by atoms with E-state index in [1.165, 1.54) is 5.56 Å². The number of nitrogens with two attached hydrogens (primary N) is 1. The number of aliphatic hydroxyl groups is 1. The minimum Gasteiger partial charge on any atom is -0.493 e. The number of methoxy groups -OCH3 is 2. The molecule has 0 unspecified atom stereocenters. The first-order valence-electron chi connectivity index (χ1n) is 8.82. The maximum absolute atomic E-state index is 10.8. The number of hydrogen-bond donors (Lipinski definition) is 2. The van der Waals surface area contributed by atoms with E-state index in [2.05, 4.69) is 25.2 Å². The van der Waals surface area contributed by atoms with Crippen LogP contribution in [-0.2, 0) is 11.3 Å². The summed E-state index contributed by atoms with van der Waals surface area (Å²) in [5, 5.41) is 13.1. The number of ether oxygens (including phenoxy) is 3. The van der Waals surface area contributed by atoms with E-state index in [0.717, 1.165) is 50.3 Å². The van der Waals surface area contributed by atoms with Gasteiger partial charge in [-0.1, -0.05) is 6.92 Å². The van der Waals surface area contributed by atoms with E-state index in [9.17, 15) is 5.11 Å². The minimum atomic E-state index is -0.600. The second kappa shape index (κ2) is 8.19. The van der Waals surface area contributed by atoms with Crippen molar-refractivity contribution >= 4 is 0 Å². The van der Waals surface area contributed by atoms with Gasteiger partial charge in [-0.2, -0.15) is 0 Å². The predicted octanol–water partition coefficient (Wildman–Crippen LogP) is 1.87. The van der Waals surface area contributed by atoms with Gasteiger partial charge in [0.25, 0.3) is 0 Å². The van der Waals surface area contributed by atoms with Crippen molar-refractivity contribution in [1.82, 2.24) is 0 Å². The topological polar surface area (TPSA) is 64.5 Å². The van der Waals surface area contributed by atoms with Crippen molar-refractivity contribution in [1.29, 1.82) is 0 Å². The van der Waals surface area contributed by atoms with Gasteiger partial charge in [0.15, 0.2) is 11.5 Å². The van der Waals surface area contributed by atoms with Gasteiger partial charge >= 0.3 is 0 Å². The summed E-state index contributed by atoms with van der Waals surface area (Å²) < 4.78 is 16.4. The third kappa shape index (κ3) is 4.85. The molecule has 2 atom stereocenters. The zero-order valence-corrected chi connectivity index (χ0v) is 15.4. The molecular weight excluding hydrogens is 306 g/mol. The van der Waals surface area contributed by atoms with E-state index in [-0.39, 0.29) is 5.60 Å². The van der Waals surface area contributed by atoms with Crippen LogP contribution in [-0.4, -0.2) is 43.7 Å². The lowest BCUT2D eigenvalue weighted by Crippen LogP contribution is -2.83. The Hall–Kier alpha value is -1.30. The smallest absolute Gasteiger partial charge is 0.161 e. The largest absolute Gasteiger partial charge is 0.493 e. The molecule has 0 aliphatic carbocycles. The molecule has 0 radical (unpaired) electrons. The van der Waals surface area contributed by atoms with Crippen LogP contribution in [0, 0.1) is 0 Å². The van der Waals surface area contributed by atoms with Crippen LogP contribution >= 0.6 is 0 Å². The normalized spacial score (nSPS) is 27.0. The van der Waals surface area contributed by atoms with Gasteiger partial charge in [-0.25, -0.2) is 0 Å². The molecule has 1 aromatic carbocycles. The molecule has 3 N–H and O–H groups in total. The molecule has 1 aromatic rings. The number of hydrogen-bond acceptors (Lipinski definition) is 4. The average molecular weight is 338 g/mol. The summed E-state index contributed by atoms with van der Waals surface area (Å²) in [6.45, 7) is 6.62. The van der Waals surface area contributed by atoms with Crippen molar-refractivity contribution in [2.75, 3.05) is 27.4 Å². The maximum atomic E-state index is 10.8. The molecule has 1 fully saturated rings. The van der Waals surface area contributed by atoms with Gasteiger partial charge in [0.2, 0.25) is 0 Å². The molecule has 136 valence electrons. The Labute approximate surface area is 145 Å². The first kappa shape index (κ1) is 19.0. The fourth-order valence-electron chi connectivity index (χ4n) is 3.41. The van der Waals surface area contributed by atoms with Crippen LogP contribution in [0.15, 0.2) is 18.2 Å². The van der Waals surface area contributed by atoms with Crippen LogP contribution < -0.4 is 14.8 Å². The SMILES string of the molecule is CC[C@]1(C)C[C@@](O)(CC[NH2+]Cc2ccc(OC)c(OC)c2)CCO1. The highest BCUT2D eigenvalue weighted by molar-refractivity contribution is 5.42. The van der Waals surface area contributed by atoms with Crippen molar-refractivity contribution in [3.63, 3.8) is 0 Å². The highest BCUT2D eigenvalue weighted by atomic mass is 16.5. The van der Waals surface area contributed by atoms with Gasteiger partial charge in [0.1, 0.15) is 6.54 Å². The van der Waals surface area contributed by atoms with Gasteiger partial charge in [-0.15, -0.1) is 0 Å². The lowest BCUT2D eigenvalue weighted by Gasteiger charge is -2.42. The van der Waals surface area contributed by atoms with Crippen molar-refractivity contribution in [3.8, 4) is 11.5 Å². The molecule has 2 rings (SSSR count). The van der Waals surface area contributed by atoms with Crippen molar-refractivity contribution in [2.24, 2.45) is 0 Å². The standard InChI is InChI=1S/C19H31NO4/c1-5-18(2)14-19(21,9-11-24-18)8-10-20-13-15-6-7-16(22-3)17(12-15)23-4/h6-7,12,20-21H,5,8-11,13-14H2,1-4H3/p+1/t18-,19-/m1/s1. The Morgan fingerprint density at radius 3 is 2.67 bits per heavy atom. The summed E-state index contributed by atoms with van der Waals surface area (Å²) in [6, 6.07) is 5.99. The zero-order valence-electron chi connectivity index (χ0n) is 15.4. The second-order valence-corrected chi connectivity index (χ2v) is 7.02. The molecule has 1 heterocycles. The van der Waals surface area contributed by atoms with Crippen LogP contribution in [0.1, 0.15) is 45.1 Å². The van der Waals surface area contributed by atoms with Crippen LogP contribution in [0.3, 0.4) is 0 Å². The molecule has 1 aliphatic rings. The second-order valence-electron chi connectivity index (χ2n) is 7.02. The zero-order chi connectivity index (χ0) is 17.6. The fraction of sp³-hybridized carbons (Fsp3) is 0.684. The first-order chi connectivity index (χ1) is 11.4. The quantitative estimate of drug-likeness (QED) is 0.710. The molecule has 1 aliphatic heterocycles. The molecule has 0 amide bonds. The molecule has 0 spiro atoms. The van der Waals surface area contributed by atoms with Crippen molar-refractivity contribution < 1.29 is 24.6 Å². The van der Waals surface area contributed by atoms with Gasteiger partial charge in [0.05, 0.1) is 38.6 Å². The molecule has 24 heavy (non-hydrogen) atoms. The van der Waals surface area contributed by atoms with E-state index >= 15 is 0 Å². The number of rotatable bonds is 8. The number of benzene rings is 1. The molecule has 0 aromatic heterocycles. The number of quaternary nitrogens is 1. The van der Waals surface area contributed by atoms with Crippen LogP contribution in [0.25, 0.3) is 0 Å².